The number of rotatable bonds is 6. The van der Waals surface area contributed by atoms with Crippen molar-refractivity contribution >= 4 is 20.9 Å². The Kier molecular flexibility index (Phi) is 1.96. The summed E-state index contributed by atoms with van der Waals surface area (Å²) in [6, 6.07) is -2.58. The molecule has 5 nitrogen and oxygen atoms in total. The van der Waals surface area contributed by atoms with E-state index in [0.717, 1.165) is 11.9 Å². The minimum atomic E-state index is -4.74. The smallest absolute Gasteiger partial charge is 0.215 e. The molecule has 0 spiro atoms. The van der Waals surface area contributed by atoms with Crippen LogP contribution in [0.4, 0.5) is 0 Å². The van der Waals surface area contributed by atoms with Crippen molar-refractivity contribution in [1.29, 1.82) is 0 Å². The zero-order chi connectivity index (χ0) is 23.6. The van der Waals surface area contributed by atoms with Crippen molar-refractivity contribution in [3.8, 4) is 0 Å². The van der Waals surface area contributed by atoms with E-state index in [-0.39, 0.29) is 5.52 Å². The van der Waals surface area contributed by atoms with Crippen LogP contribution in [0.15, 0.2) is 24.3 Å². The van der Waals surface area contributed by atoms with Crippen LogP contribution < -0.4 is 4.72 Å². The number of aromatic nitrogens is 1. The van der Waals surface area contributed by atoms with Crippen LogP contribution in [-0.4, -0.2) is 45.9 Å². The Morgan fingerprint density at radius 1 is 1.45 bits per heavy atom. The third kappa shape index (κ3) is 3.59. The molecule has 2 N–H and O–H groups in total. The molecular weight excluding hydrogens is 274 g/mol. The van der Waals surface area contributed by atoms with Gasteiger partial charge in [0.05, 0.1) is 11.2 Å². The molecule has 0 bridgehead atoms. The summed E-state index contributed by atoms with van der Waals surface area (Å²) in [7, 11) is -1.27. The molecule has 0 amide bonds. The number of aromatic amines is 1. The van der Waals surface area contributed by atoms with Crippen LogP contribution in [0.1, 0.15) is 24.8 Å². The predicted octanol–water partition coefficient (Wildman–Crippen LogP) is 1.32. The van der Waals surface area contributed by atoms with Crippen LogP contribution in [0.5, 0.6) is 0 Å². The average molecular weight is 305 g/mol. The summed E-state index contributed by atoms with van der Waals surface area (Å²) < 4.78 is 108. The maximum atomic E-state index is 12.2. The van der Waals surface area contributed by atoms with E-state index >= 15 is 0 Å². The Labute approximate surface area is 134 Å². The van der Waals surface area contributed by atoms with Gasteiger partial charge in [0.1, 0.15) is 0 Å². The molecule has 110 valence electrons. The molecule has 0 unspecified atom stereocenters. The minimum Gasteiger partial charge on any atom is -0.361 e. The Morgan fingerprint density at radius 3 is 2.85 bits per heavy atom. The van der Waals surface area contributed by atoms with Crippen molar-refractivity contribution in [1.82, 2.24) is 14.6 Å². The number of benzene rings is 1. The SMILES string of the molecule is [2H]c1[nH]c2c([2H])c([2H])c(C([2H])([2H])S(=O)(=O)NC)c([2H])c2c1C([2H])([2H])C([2H])([2H])N(C)C. The number of H-pyrrole nitrogens is 1. The van der Waals surface area contributed by atoms with Gasteiger partial charge in [-0.05, 0) is 50.7 Å². The molecule has 0 aliphatic rings. The summed E-state index contributed by atoms with van der Waals surface area (Å²) in [6.07, 6.45) is -3.60. The van der Waals surface area contributed by atoms with Gasteiger partial charge in [-0.1, -0.05) is 6.04 Å². The first-order valence-corrected chi connectivity index (χ1v) is 7.09. The monoisotopic (exact) mass is 305 g/mol. The molecule has 6 heteroatoms. The Hall–Kier alpha value is -1.37. The van der Waals surface area contributed by atoms with E-state index in [2.05, 4.69) is 4.98 Å². The van der Waals surface area contributed by atoms with E-state index in [0.29, 0.717) is 0 Å². The van der Waals surface area contributed by atoms with Crippen LogP contribution in [-0.2, 0) is 22.1 Å². The first-order chi connectivity index (χ1) is 13.4. The molecule has 20 heavy (non-hydrogen) atoms. The van der Waals surface area contributed by atoms with Gasteiger partial charge in [-0.15, -0.1) is 0 Å². The second-order valence-electron chi connectivity index (χ2n) is 4.07. The highest BCUT2D eigenvalue weighted by molar-refractivity contribution is 7.88. The van der Waals surface area contributed by atoms with E-state index < -0.39 is 69.4 Å². The number of aryl methyl sites for hydroxylation is 1. The third-order valence-electron chi connectivity index (χ3n) is 2.28. The van der Waals surface area contributed by atoms with E-state index in [9.17, 15) is 8.42 Å². The number of likely N-dealkylation sites (N-methyl/N-ethyl adjacent to an activating group) is 1. The highest BCUT2D eigenvalue weighted by Crippen LogP contribution is 2.21. The van der Waals surface area contributed by atoms with Crippen LogP contribution in [0.25, 0.3) is 10.9 Å². The second kappa shape index (κ2) is 5.95. The van der Waals surface area contributed by atoms with Gasteiger partial charge in [-0.2, -0.15) is 0 Å². The zero-order valence-electron chi connectivity index (χ0n) is 21.2. The first-order valence-electron chi connectivity index (χ1n) is 10.6. The number of sulfonamides is 1. The molecule has 1 aromatic heterocycles. The molecule has 0 aliphatic carbocycles. The number of hydrogen-bond acceptors (Lipinski definition) is 3. The van der Waals surface area contributed by atoms with E-state index in [1.807, 2.05) is 0 Å². The lowest BCUT2D eigenvalue weighted by Crippen LogP contribution is -2.20. The summed E-state index contributed by atoms with van der Waals surface area (Å²) in [5.41, 5.74) is -5.36. The predicted molar refractivity (Wildman–Crippen MR) is 82.2 cm³/mol. The van der Waals surface area contributed by atoms with Gasteiger partial charge in [0.25, 0.3) is 0 Å². The molecular formula is C14H21N3O2S. The van der Waals surface area contributed by atoms with Crippen LogP contribution in [0, 0.1) is 0 Å². The van der Waals surface area contributed by atoms with Crippen LogP contribution in [0.2, 0.25) is 0 Å². The molecule has 0 radical (unpaired) electrons. The van der Waals surface area contributed by atoms with Gasteiger partial charge in [0.15, 0.2) is 0 Å². The minimum absolute atomic E-state index is 0.357. The summed E-state index contributed by atoms with van der Waals surface area (Å²) >= 11 is 0. The van der Waals surface area contributed by atoms with Crippen molar-refractivity contribution in [2.45, 2.75) is 12.1 Å². The third-order valence-corrected chi connectivity index (χ3v) is 3.29. The molecule has 0 aliphatic heterocycles. The van der Waals surface area contributed by atoms with E-state index in [1.54, 1.807) is 4.72 Å². The molecule has 0 saturated heterocycles. The summed E-state index contributed by atoms with van der Waals surface area (Å²) in [4.78, 5) is 3.27. The molecule has 2 rings (SSSR count). The number of hydrogen-bond donors (Lipinski definition) is 2. The Balaban J connectivity index is 3.10. The number of nitrogens with zero attached hydrogens (tertiary/aromatic N) is 1. The number of nitrogens with one attached hydrogen (secondary N) is 2. The molecule has 1 aromatic carbocycles. The molecule has 0 atom stereocenters. The van der Waals surface area contributed by atoms with Crippen LogP contribution in [0.3, 0.4) is 0 Å². The largest absolute Gasteiger partial charge is 0.361 e. The molecule has 2 aromatic rings. The Bertz CT molecular complexity index is 1110. The highest BCUT2D eigenvalue weighted by Gasteiger charge is 2.11. The molecule has 1 heterocycles. The van der Waals surface area contributed by atoms with Gasteiger partial charge in [-0.25, -0.2) is 13.1 Å². The first kappa shape index (κ1) is 6.60. The van der Waals surface area contributed by atoms with Gasteiger partial charge in [0, 0.05) is 31.8 Å². The normalized spacial score (nSPS) is 21.8. The standard InChI is InChI=1S/C14H21N3O2S/c1-15-20(18,19)10-11-4-5-14-13(8-11)12(9-16-14)6-7-17(2)3/h4-5,8-9,15-16H,6-7,10H2,1-3H3/i4D,5D,6D2,7D2,8D,9D,10D2. The van der Waals surface area contributed by atoms with Crippen molar-refractivity contribution in [2.24, 2.45) is 0 Å². The number of fused-ring (bicyclic) bond motifs is 1. The van der Waals surface area contributed by atoms with E-state index in [1.165, 1.54) is 14.1 Å². The fourth-order valence-corrected chi connectivity index (χ4v) is 1.85. The highest BCUT2D eigenvalue weighted by atomic mass is 32.2. The van der Waals surface area contributed by atoms with Crippen molar-refractivity contribution in [2.75, 3.05) is 27.6 Å². The van der Waals surface area contributed by atoms with E-state index in [4.69, 9.17) is 13.7 Å². The fraction of sp³-hybridized carbons (Fsp3) is 0.429. The lowest BCUT2D eigenvalue weighted by Gasteiger charge is -2.08. The summed E-state index contributed by atoms with van der Waals surface area (Å²) in [5.74, 6) is 0. The van der Waals surface area contributed by atoms with Crippen molar-refractivity contribution in [3.63, 3.8) is 0 Å². The summed E-state index contributed by atoms with van der Waals surface area (Å²) in [5, 5.41) is -0.526. The zero-order valence-corrected chi connectivity index (χ0v) is 12.0. The lowest BCUT2D eigenvalue weighted by molar-refractivity contribution is 0.414. The summed E-state index contributed by atoms with van der Waals surface area (Å²) in [6.45, 7) is -2.69. The molecule has 0 fully saturated rings. The van der Waals surface area contributed by atoms with Gasteiger partial charge in [0.2, 0.25) is 10.0 Å². The van der Waals surface area contributed by atoms with Crippen LogP contribution >= 0.6 is 0 Å². The van der Waals surface area contributed by atoms with Gasteiger partial charge in [-0.3, -0.25) is 0 Å². The van der Waals surface area contributed by atoms with Gasteiger partial charge < -0.3 is 9.88 Å². The molecule has 0 saturated carbocycles. The Morgan fingerprint density at radius 2 is 2.20 bits per heavy atom. The van der Waals surface area contributed by atoms with Gasteiger partial charge >= 0.3 is 0 Å². The lowest BCUT2D eigenvalue weighted by atomic mass is 10.1. The quantitative estimate of drug-likeness (QED) is 0.846. The maximum absolute atomic E-state index is 12.2. The second-order valence-corrected chi connectivity index (χ2v) is 5.69. The topological polar surface area (TPSA) is 65.2 Å². The fourth-order valence-electron chi connectivity index (χ4n) is 1.37. The average Bonchev–Trinajstić information content (AvgIpc) is 2.97. The van der Waals surface area contributed by atoms with Crippen molar-refractivity contribution in [3.05, 3.63) is 35.4 Å². The van der Waals surface area contributed by atoms with Crippen molar-refractivity contribution < 1.29 is 22.1 Å². The maximum Gasteiger partial charge on any atom is 0.215 e.